The van der Waals surface area contributed by atoms with Gasteiger partial charge in [0.25, 0.3) is 0 Å². The van der Waals surface area contributed by atoms with Crippen LogP contribution in [-0.2, 0) is 71.0 Å². The highest BCUT2D eigenvalue weighted by Crippen LogP contribution is 2.50. The van der Waals surface area contributed by atoms with Crippen molar-refractivity contribution in [2.75, 3.05) is 0 Å². The molecule has 148 heavy (non-hydrogen) atoms. The highest BCUT2D eigenvalue weighted by molar-refractivity contribution is 5.84. The smallest absolute Gasteiger partial charge is 0.322 e. The van der Waals surface area contributed by atoms with Gasteiger partial charge >= 0.3 is 12.0 Å². The van der Waals surface area contributed by atoms with Gasteiger partial charge in [0.05, 0.1) is 22.5 Å². The standard InChI is InChI=1S/2C24H21NO.2C22H21NO.2C21H20N2O/c1-24(2,3)21-11-7-13-23(20(21)15-25)26-22-12-6-10-18-17-9-5-4-8-16(17)14-19(18)22;1-24(2,3)22-9-6-10-23(21(22)15-25)26-18-12-11-17-13-16-7-4-5-8-19(16)20(17)14-18;1-22(2,3)20-12-7-13-21(23-20)24-19-11-6-10-17-16-9-5-4-8-15(16)14-18(17)19;1-22(2,3)20-9-6-10-21(23-20)24-17-12-11-16-13-15-7-4-5-8-18(15)19(16)14-17;1-21(2,3)19-11-12-22-20(23-19)24-18-10-6-9-16-15-8-5-4-7-14(15)13-17(16)18;1-21(2,3)19-10-11-22-20(23-19)24-16-9-8-15-12-14-6-4-5-7-17(14)18(15)13-16/h4-13H,14H2,1-3H3;4-12,14H,13H2,1-3H3;4-13H,14H2,1-3H3;4-12,14H,13H2,1-3H3;4-12H,13H2,1-3H3;4-11,13H,12H2,1-3H3. The van der Waals surface area contributed by atoms with Gasteiger partial charge in [-0.05, 0) is 249 Å². The molecule has 0 fully saturated rings. The van der Waals surface area contributed by atoms with Crippen LogP contribution in [0.5, 0.6) is 69.8 Å². The molecule has 0 unspecified atom stereocenters. The highest BCUT2D eigenvalue weighted by atomic mass is 16.5. The van der Waals surface area contributed by atoms with Crippen LogP contribution in [0.1, 0.15) is 236 Å². The van der Waals surface area contributed by atoms with Crippen LogP contribution >= 0.6 is 0 Å². The molecule has 18 aromatic rings. The summed E-state index contributed by atoms with van der Waals surface area (Å²) in [5.41, 5.74) is 38.1. The molecule has 0 N–H and O–H groups in total. The quantitative estimate of drug-likeness (QED) is 0.113. The van der Waals surface area contributed by atoms with Crippen LogP contribution in [0.2, 0.25) is 0 Å². The van der Waals surface area contributed by atoms with Gasteiger partial charge in [0, 0.05) is 93.5 Å². The number of benzene rings is 14. The lowest BCUT2D eigenvalue weighted by atomic mass is 9.84. The molecule has 24 rings (SSSR count). The molecule has 0 bridgehead atoms. The molecule has 6 aliphatic rings. The summed E-state index contributed by atoms with van der Waals surface area (Å²) in [6.45, 7) is 38.4. The predicted molar refractivity (Wildman–Crippen MR) is 596 cm³/mol. The second-order valence-electron chi connectivity index (χ2n) is 44.7. The molecular formula is C134H124N8O6. The first-order chi connectivity index (χ1) is 71.0. The monoisotopic (exact) mass is 1940 g/mol. The summed E-state index contributed by atoms with van der Waals surface area (Å²) in [6, 6.07) is 122. The van der Waals surface area contributed by atoms with E-state index in [2.05, 4.69) is 374 Å². The van der Waals surface area contributed by atoms with E-state index in [1.165, 1.54) is 134 Å². The molecule has 14 heteroatoms. The van der Waals surface area contributed by atoms with Gasteiger partial charge in [-0.15, -0.1) is 0 Å². The van der Waals surface area contributed by atoms with Crippen molar-refractivity contribution >= 4 is 0 Å². The van der Waals surface area contributed by atoms with E-state index in [1.54, 1.807) is 12.4 Å². The summed E-state index contributed by atoms with van der Waals surface area (Å²) >= 11 is 0. The summed E-state index contributed by atoms with van der Waals surface area (Å²) in [5.74, 6) is 7.51. The minimum absolute atomic E-state index is 0.00818. The van der Waals surface area contributed by atoms with E-state index in [-0.39, 0.29) is 32.5 Å². The SMILES string of the molecule is CC(C)(C)c1cccc(Oc2ccc3c(c2)-c2ccccc2C3)c1C#N.CC(C)(C)c1cccc(Oc2ccc3c(c2)-c2ccccc2C3)n1.CC(C)(C)c1cccc(Oc2cccc3c2Cc2ccccc2-3)c1C#N.CC(C)(C)c1cccc(Oc2cccc3c2Cc2ccccc2-3)n1.CC(C)(C)c1ccnc(Oc2ccc3c(c2)-c2ccccc2C3)n1.CC(C)(C)c1ccnc(Oc2cccc3c2Cc2ccccc2-3)n1. The zero-order valence-electron chi connectivity index (χ0n) is 87.8. The fourth-order valence-corrected chi connectivity index (χ4v) is 20.0. The summed E-state index contributed by atoms with van der Waals surface area (Å²) < 4.78 is 36.7. The average molecular weight is 1940 g/mol. The molecule has 0 aliphatic heterocycles. The van der Waals surface area contributed by atoms with Crippen LogP contribution in [0.3, 0.4) is 0 Å². The normalized spacial score (nSPS) is 12.5. The molecular weight excluding hydrogens is 1820 g/mol. The Morgan fingerprint density at radius 2 is 0.480 bits per heavy atom. The lowest BCUT2D eigenvalue weighted by Crippen LogP contribution is -2.14. The second-order valence-corrected chi connectivity index (χ2v) is 44.7. The molecule has 4 heterocycles. The van der Waals surface area contributed by atoms with Crippen LogP contribution in [-0.4, -0.2) is 29.9 Å². The molecule has 4 aromatic heterocycles. The number of nitrogens with zero attached hydrogens (tertiary/aromatic N) is 8. The van der Waals surface area contributed by atoms with Crippen molar-refractivity contribution in [1.29, 1.82) is 10.5 Å². The zero-order valence-corrected chi connectivity index (χ0v) is 87.8. The van der Waals surface area contributed by atoms with Crippen LogP contribution in [0.25, 0.3) is 66.8 Å². The molecule has 0 saturated heterocycles. The lowest BCUT2D eigenvalue weighted by Gasteiger charge is -2.22. The molecule has 736 valence electrons. The van der Waals surface area contributed by atoms with Gasteiger partial charge in [0.2, 0.25) is 11.8 Å². The van der Waals surface area contributed by atoms with Gasteiger partial charge in [0.15, 0.2) is 0 Å². The van der Waals surface area contributed by atoms with E-state index >= 15 is 0 Å². The number of aromatic nitrogens is 6. The number of nitriles is 2. The molecule has 0 spiro atoms. The van der Waals surface area contributed by atoms with Crippen molar-refractivity contribution in [3.8, 4) is 149 Å². The van der Waals surface area contributed by atoms with Crippen molar-refractivity contribution in [2.24, 2.45) is 0 Å². The topological polar surface area (TPSA) is 180 Å². The van der Waals surface area contributed by atoms with E-state index in [9.17, 15) is 10.5 Å². The Labute approximate surface area is 871 Å². The highest BCUT2D eigenvalue weighted by Gasteiger charge is 2.32. The van der Waals surface area contributed by atoms with Crippen LogP contribution in [0.4, 0.5) is 0 Å². The summed E-state index contributed by atoms with van der Waals surface area (Å²) in [5, 5.41) is 19.4. The number of fused-ring (bicyclic) bond motifs is 18. The molecule has 0 radical (unpaired) electrons. The Morgan fingerprint density at radius 3 is 0.838 bits per heavy atom. The maximum atomic E-state index is 9.75. The fraction of sp³-hybridized carbons (Fsp3) is 0.224. The molecule has 14 aromatic carbocycles. The minimum atomic E-state index is -0.112. The Bertz CT molecular complexity index is 7830. The van der Waals surface area contributed by atoms with Crippen molar-refractivity contribution < 1.29 is 28.4 Å². The first-order valence-corrected chi connectivity index (χ1v) is 51.0. The molecule has 0 amide bonds. The van der Waals surface area contributed by atoms with Gasteiger partial charge in [-0.1, -0.05) is 361 Å². The average Bonchev–Trinajstić information content (AvgIpc) is 1.47. The number of hydrogen-bond acceptors (Lipinski definition) is 14. The van der Waals surface area contributed by atoms with E-state index in [0.717, 1.165) is 107 Å². The Balaban J connectivity index is 0.000000112. The predicted octanol–water partition coefficient (Wildman–Crippen LogP) is 34.2. The van der Waals surface area contributed by atoms with Gasteiger partial charge in [0.1, 0.15) is 58.1 Å². The number of pyridine rings is 2. The molecule has 14 nitrogen and oxygen atoms in total. The van der Waals surface area contributed by atoms with Gasteiger partial charge in [-0.3, -0.25) is 0 Å². The lowest BCUT2D eigenvalue weighted by molar-refractivity contribution is 0.428. The van der Waals surface area contributed by atoms with E-state index in [0.29, 0.717) is 46.4 Å². The third-order valence-electron chi connectivity index (χ3n) is 27.7. The maximum Gasteiger partial charge on any atom is 0.322 e. The van der Waals surface area contributed by atoms with Crippen molar-refractivity contribution in [1.82, 2.24) is 29.9 Å². The molecule has 0 saturated carbocycles. The molecule has 6 aliphatic carbocycles. The number of rotatable bonds is 12. The van der Waals surface area contributed by atoms with E-state index < -0.39 is 0 Å². The Kier molecular flexibility index (Phi) is 28.0. The van der Waals surface area contributed by atoms with E-state index in [1.807, 2.05) is 127 Å². The van der Waals surface area contributed by atoms with Crippen molar-refractivity contribution in [3.05, 3.63) is 464 Å². The summed E-state index contributed by atoms with van der Waals surface area (Å²) in [4.78, 5) is 27.0. The Hall–Kier alpha value is -16.7. The first-order valence-electron chi connectivity index (χ1n) is 51.0. The van der Waals surface area contributed by atoms with Gasteiger partial charge < -0.3 is 28.4 Å². The van der Waals surface area contributed by atoms with Gasteiger partial charge in [-0.25, -0.2) is 19.9 Å². The van der Waals surface area contributed by atoms with Crippen LogP contribution < -0.4 is 28.4 Å². The number of ether oxygens (including phenoxy) is 6. The van der Waals surface area contributed by atoms with Crippen LogP contribution in [0.15, 0.2) is 352 Å². The maximum absolute atomic E-state index is 9.75. The zero-order chi connectivity index (χ0) is 104. The van der Waals surface area contributed by atoms with E-state index in [4.69, 9.17) is 33.4 Å². The third kappa shape index (κ3) is 22.1. The number of hydrogen-bond donors (Lipinski definition) is 0. The third-order valence-corrected chi connectivity index (χ3v) is 27.7. The first kappa shape index (κ1) is 100. The Morgan fingerprint density at radius 1 is 0.209 bits per heavy atom. The molecule has 0 atom stereocenters. The summed E-state index contributed by atoms with van der Waals surface area (Å²) in [6.07, 6.45) is 9.15. The fourth-order valence-electron chi connectivity index (χ4n) is 20.0. The van der Waals surface area contributed by atoms with Crippen molar-refractivity contribution in [2.45, 2.75) is 196 Å². The second kappa shape index (κ2) is 41.4. The summed E-state index contributed by atoms with van der Waals surface area (Å²) in [7, 11) is 0. The van der Waals surface area contributed by atoms with Gasteiger partial charge in [-0.2, -0.15) is 20.5 Å². The largest absolute Gasteiger partial charge is 0.456 e. The minimum Gasteiger partial charge on any atom is -0.456 e. The van der Waals surface area contributed by atoms with Crippen molar-refractivity contribution in [3.63, 3.8) is 0 Å². The van der Waals surface area contributed by atoms with Crippen LogP contribution in [0, 0.1) is 22.7 Å².